The fourth-order valence-electron chi connectivity index (χ4n) is 7.93. The maximum Gasteiger partial charge on any atom is 0.426 e. The van der Waals surface area contributed by atoms with E-state index >= 15 is 0 Å². The summed E-state index contributed by atoms with van der Waals surface area (Å²) in [5, 5.41) is 5.43. The van der Waals surface area contributed by atoms with Gasteiger partial charge in [-0.25, -0.2) is 15.2 Å². The van der Waals surface area contributed by atoms with Gasteiger partial charge in [0.2, 0.25) is 11.8 Å². The molecule has 0 aliphatic carbocycles. The summed E-state index contributed by atoms with van der Waals surface area (Å²) < 4.78 is 22.6. The minimum atomic E-state index is -0.829. The number of carbonyl (C=O) groups is 5. The number of aromatic nitrogens is 1. The molecule has 1 fully saturated rings. The van der Waals surface area contributed by atoms with Crippen LogP contribution in [-0.2, 0) is 39.8 Å². The van der Waals surface area contributed by atoms with Gasteiger partial charge < -0.3 is 34.9 Å². The standard InChI is InChI=1S/C47H77N7O9S/c1-9-22-62-42(29-40(32(4)5)54(31-60-11-3)46(58)37(33(6)10-2)28-41(55)39-19-15-16-21-53(39)8)45-50-38(30-64-45)44(57)49-36(27-35-17-13-12-14-18-35)26-34(7)43(56)51-52-47(59)63-25-24-61-23-20-48/h12-14,17-18,30,32-34,36-37,39-40,42H,9-11,15-16,19-29,31,48H2,1-8H3,(H,49,57)(H,51,56)(H,52,59)/t33-,34-,36+,37-,39+,40+,42+/m0/s1. The van der Waals surface area contributed by atoms with Crippen LogP contribution in [0.4, 0.5) is 4.79 Å². The van der Waals surface area contributed by atoms with Gasteiger partial charge in [-0.3, -0.25) is 29.5 Å². The molecule has 2 heterocycles. The Kier molecular flexibility index (Phi) is 25.1. The van der Waals surface area contributed by atoms with E-state index in [0.717, 1.165) is 44.2 Å². The number of Topliss-reactive ketones (excluding diaryl/α,β-unsaturated/α-hetero) is 1. The molecule has 0 radical (unpaired) electrons. The number of nitrogens with two attached hydrogens (primary N) is 1. The van der Waals surface area contributed by atoms with Crippen LogP contribution < -0.4 is 21.9 Å². The molecule has 4 amide bonds. The molecular formula is C47H77N7O9S. The number of amides is 4. The maximum atomic E-state index is 14.8. The fraction of sp³-hybridized carbons (Fsp3) is 0.702. The first kappa shape index (κ1) is 54.3. The Bertz CT molecular complexity index is 1700. The number of rotatable bonds is 29. The van der Waals surface area contributed by atoms with Crippen molar-refractivity contribution in [2.75, 3.05) is 59.9 Å². The third-order valence-electron chi connectivity index (χ3n) is 11.9. The summed E-state index contributed by atoms with van der Waals surface area (Å²) in [6.07, 6.45) is 4.34. The zero-order valence-corrected chi connectivity index (χ0v) is 40.4. The maximum absolute atomic E-state index is 14.8. The molecule has 17 heteroatoms. The van der Waals surface area contributed by atoms with Crippen molar-refractivity contribution in [3.8, 4) is 0 Å². The molecule has 0 bridgehead atoms. The van der Waals surface area contributed by atoms with E-state index in [2.05, 4.69) is 48.8 Å². The van der Waals surface area contributed by atoms with Gasteiger partial charge >= 0.3 is 6.09 Å². The van der Waals surface area contributed by atoms with Crippen LogP contribution in [0.1, 0.15) is 127 Å². The third-order valence-corrected chi connectivity index (χ3v) is 12.8. The van der Waals surface area contributed by atoms with Crippen LogP contribution in [0, 0.1) is 23.7 Å². The molecule has 1 aliphatic heterocycles. The van der Waals surface area contributed by atoms with Crippen LogP contribution in [0.25, 0.3) is 0 Å². The molecule has 5 N–H and O–H groups in total. The SMILES string of the molecule is CCCO[C@H](C[C@H](C(C)C)N(COCC)C(=O)[C@@H](CC(=O)[C@H]1CCCCN1C)[C@@H](C)CC)c1nc(C(=O)N[C@@H](Cc2ccccc2)C[C@H](C)C(=O)NNC(=O)OCCOCCN)cs1. The lowest BCUT2D eigenvalue weighted by Gasteiger charge is -2.39. The number of nitrogens with zero attached hydrogens (tertiary/aromatic N) is 3. The predicted octanol–water partition coefficient (Wildman–Crippen LogP) is 6.05. The molecule has 1 aromatic carbocycles. The summed E-state index contributed by atoms with van der Waals surface area (Å²) in [5.74, 6) is -1.95. The van der Waals surface area contributed by atoms with Gasteiger partial charge in [-0.15, -0.1) is 11.3 Å². The van der Waals surface area contributed by atoms with E-state index in [9.17, 15) is 24.0 Å². The zero-order valence-electron chi connectivity index (χ0n) is 39.6. The number of hydrazine groups is 1. The van der Waals surface area contributed by atoms with Gasteiger partial charge in [-0.2, -0.15) is 0 Å². The number of benzene rings is 1. The zero-order chi connectivity index (χ0) is 47.0. The van der Waals surface area contributed by atoms with Crippen molar-refractivity contribution in [2.45, 2.75) is 130 Å². The van der Waals surface area contributed by atoms with Crippen LogP contribution in [0.15, 0.2) is 35.7 Å². The number of ether oxygens (including phenoxy) is 4. The minimum absolute atomic E-state index is 0.00234. The highest BCUT2D eigenvalue weighted by atomic mass is 32.1. The molecule has 1 aromatic heterocycles. The number of likely N-dealkylation sites (tertiary alicyclic amines) is 1. The second kappa shape index (κ2) is 29.5. The number of piperidine rings is 1. The van der Waals surface area contributed by atoms with E-state index < -0.39 is 41.9 Å². The second-order valence-corrected chi connectivity index (χ2v) is 18.1. The Hall–Kier alpha value is -4.00. The van der Waals surface area contributed by atoms with Gasteiger partial charge in [-0.1, -0.05) is 84.7 Å². The summed E-state index contributed by atoms with van der Waals surface area (Å²) >= 11 is 1.33. The Balaban J connectivity index is 1.81. The smallest absolute Gasteiger partial charge is 0.426 e. The highest BCUT2D eigenvalue weighted by Crippen LogP contribution is 2.33. The summed E-state index contributed by atoms with van der Waals surface area (Å²) in [6.45, 7) is 16.6. The Morgan fingerprint density at radius 2 is 1.70 bits per heavy atom. The van der Waals surface area contributed by atoms with E-state index in [1.165, 1.54) is 11.3 Å². The number of nitrogens with one attached hydrogen (secondary N) is 3. The molecule has 2 aromatic rings. The molecule has 1 saturated heterocycles. The molecule has 0 spiro atoms. The first-order chi connectivity index (χ1) is 30.7. The minimum Gasteiger partial charge on any atom is -0.446 e. The van der Waals surface area contributed by atoms with Crippen LogP contribution in [-0.4, -0.2) is 122 Å². The fourth-order valence-corrected chi connectivity index (χ4v) is 8.79. The van der Waals surface area contributed by atoms with E-state index in [0.29, 0.717) is 44.2 Å². The third kappa shape index (κ3) is 18.1. The van der Waals surface area contributed by atoms with Crippen molar-refractivity contribution in [1.82, 2.24) is 31.0 Å². The number of carbonyl (C=O) groups excluding carboxylic acids is 5. The number of ketones is 1. The van der Waals surface area contributed by atoms with Gasteiger partial charge in [0.25, 0.3) is 5.91 Å². The van der Waals surface area contributed by atoms with Crippen molar-refractivity contribution in [3.05, 3.63) is 52.0 Å². The highest BCUT2D eigenvalue weighted by molar-refractivity contribution is 7.09. The number of thiazole rings is 1. The summed E-state index contributed by atoms with van der Waals surface area (Å²) in [6, 6.07) is 8.69. The van der Waals surface area contributed by atoms with Crippen molar-refractivity contribution in [2.24, 2.45) is 29.4 Å². The summed E-state index contributed by atoms with van der Waals surface area (Å²) in [7, 11) is 2.00. The first-order valence-electron chi connectivity index (χ1n) is 23.3. The lowest BCUT2D eigenvalue weighted by Crippen LogP contribution is -2.50. The molecule has 1 aliphatic rings. The van der Waals surface area contributed by atoms with E-state index in [1.807, 2.05) is 56.1 Å². The summed E-state index contributed by atoms with van der Waals surface area (Å²) in [5.41, 5.74) is 11.2. The van der Waals surface area contributed by atoms with Gasteiger partial charge in [0.05, 0.1) is 19.3 Å². The van der Waals surface area contributed by atoms with Gasteiger partial charge in [0.15, 0.2) is 5.78 Å². The van der Waals surface area contributed by atoms with E-state index in [4.69, 9.17) is 29.7 Å². The Labute approximate surface area is 385 Å². The lowest BCUT2D eigenvalue weighted by atomic mass is 9.82. The molecule has 3 rings (SSSR count). The van der Waals surface area contributed by atoms with Gasteiger partial charge in [0.1, 0.15) is 30.1 Å². The van der Waals surface area contributed by atoms with Gasteiger partial charge in [-0.05, 0) is 70.0 Å². The van der Waals surface area contributed by atoms with Crippen LogP contribution in [0.3, 0.4) is 0 Å². The van der Waals surface area contributed by atoms with E-state index in [-0.39, 0.29) is 74.1 Å². The first-order valence-corrected chi connectivity index (χ1v) is 24.2. The van der Waals surface area contributed by atoms with E-state index in [1.54, 1.807) is 12.3 Å². The predicted molar refractivity (Wildman–Crippen MR) is 248 cm³/mol. The monoisotopic (exact) mass is 916 g/mol. The van der Waals surface area contributed by atoms with Crippen molar-refractivity contribution >= 4 is 40.9 Å². The highest BCUT2D eigenvalue weighted by Gasteiger charge is 2.39. The van der Waals surface area contributed by atoms with Crippen molar-refractivity contribution < 1.29 is 42.9 Å². The molecule has 16 nitrogen and oxygen atoms in total. The topological polar surface area (TPSA) is 204 Å². The Morgan fingerprint density at radius 3 is 2.36 bits per heavy atom. The van der Waals surface area contributed by atoms with Crippen molar-refractivity contribution in [1.29, 1.82) is 0 Å². The average Bonchev–Trinajstić information content (AvgIpc) is 3.78. The molecule has 7 atom stereocenters. The number of hydrogen-bond donors (Lipinski definition) is 4. The molecule has 360 valence electrons. The lowest BCUT2D eigenvalue weighted by molar-refractivity contribution is -0.151. The van der Waals surface area contributed by atoms with Gasteiger partial charge in [0, 0.05) is 61.9 Å². The molecule has 64 heavy (non-hydrogen) atoms. The number of hydrogen-bond acceptors (Lipinski definition) is 13. The number of likely N-dealkylation sites (N-methyl/N-ethyl adjacent to an activating group) is 1. The van der Waals surface area contributed by atoms with Crippen LogP contribution >= 0.6 is 11.3 Å². The second-order valence-electron chi connectivity index (χ2n) is 17.2. The normalized spacial score (nSPS) is 17.1. The van der Waals surface area contributed by atoms with Crippen LogP contribution in [0.2, 0.25) is 0 Å². The average molecular weight is 916 g/mol. The largest absolute Gasteiger partial charge is 0.446 e. The van der Waals surface area contributed by atoms with Crippen LogP contribution in [0.5, 0.6) is 0 Å². The van der Waals surface area contributed by atoms with Crippen molar-refractivity contribution in [3.63, 3.8) is 0 Å². The summed E-state index contributed by atoms with van der Waals surface area (Å²) in [4.78, 5) is 76.5. The molecule has 0 unspecified atom stereocenters. The quantitative estimate of drug-likeness (QED) is 0.0419. The Morgan fingerprint density at radius 1 is 0.953 bits per heavy atom. The molecule has 0 saturated carbocycles. The molecular weight excluding hydrogens is 839 g/mol.